The van der Waals surface area contributed by atoms with Gasteiger partial charge in [0.1, 0.15) is 0 Å². The minimum Gasteiger partial charge on any atom is -0.494 e. The fraction of sp³-hybridized carbons (Fsp3) is 0.471. The van der Waals surface area contributed by atoms with Gasteiger partial charge in [0, 0.05) is 18.5 Å². The molecule has 0 spiro atoms. The molecule has 116 valence electrons. The lowest BCUT2D eigenvalue weighted by Gasteiger charge is -2.13. The Labute approximate surface area is 127 Å². The average molecular weight is 292 g/mol. The van der Waals surface area contributed by atoms with Gasteiger partial charge >= 0.3 is 0 Å². The van der Waals surface area contributed by atoms with Crippen LogP contribution in [0.3, 0.4) is 0 Å². The maximum Gasteiger partial charge on any atom is 0.168 e. The molecular formula is C17H25FN2O. The van der Waals surface area contributed by atoms with Gasteiger partial charge in [0.2, 0.25) is 0 Å². The summed E-state index contributed by atoms with van der Waals surface area (Å²) in [6.45, 7) is 9.62. The van der Waals surface area contributed by atoms with E-state index in [-0.39, 0.29) is 11.6 Å². The second-order valence-corrected chi connectivity index (χ2v) is 5.26. The van der Waals surface area contributed by atoms with Gasteiger partial charge in [-0.1, -0.05) is 13.0 Å². The predicted octanol–water partition coefficient (Wildman–Crippen LogP) is 3.92. The fourth-order valence-corrected chi connectivity index (χ4v) is 2.06. The van der Waals surface area contributed by atoms with Crippen molar-refractivity contribution in [3.8, 4) is 5.75 Å². The van der Waals surface area contributed by atoms with E-state index in [1.165, 1.54) is 7.11 Å². The Bertz CT molecular complexity index is 550. The van der Waals surface area contributed by atoms with E-state index in [1.54, 1.807) is 19.2 Å². The first-order valence-electron chi connectivity index (χ1n) is 7.12. The highest BCUT2D eigenvalue weighted by molar-refractivity contribution is 5.85. The molecular weight excluding hydrogens is 267 g/mol. The van der Waals surface area contributed by atoms with E-state index in [0.717, 1.165) is 29.9 Å². The summed E-state index contributed by atoms with van der Waals surface area (Å²) >= 11 is 0. The number of methoxy groups -OCH3 is 1. The third-order valence-electron chi connectivity index (χ3n) is 3.51. The molecule has 1 aromatic rings. The number of nitrogens with zero attached hydrogens (tertiary/aromatic N) is 2. The van der Waals surface area contributed by atoms with Crippen LogP contribution in [-0.4, -0.2) is 37.9 Å². The predicted molar refractivity (Wildman–Crippen MR) is 87.6 cm³/mol. The summed E-state index contributed by atoms with van der Waals surface area (Å²) in [6, 6.07) is 3.52. The van der Waals surface area contributed by atoms with Crippen LogP contribution in [0.4, 0.5) is 4.39 Å². The molecule has 1 rings (SSSR count). The lowest BCUT2D eigenvalue weighted by atomic mass is 10.0. The molecule has 21 heavy (non-hydrogen) atoms. The highest BCUT2D eigenvalue weighted by Gasteiger charge is 2.11. The Morgan fingerprint density at radius 3 is 2.62 bits per heavy atom. The van der Waals surface area contributed by atoms with E-state index in [4.69, 9.17) is 4.74 Å². The topological polar surface area (TPSA) is 24.8 Å². The van der Waals surface area contributed by atoms with Gasteiger partial charge < -0.3 is 9.64 Å². The fourth-order valence-electron chi connectivity index (χ4n) is 2.06. The zero-order valence-electron chi connectivity index (χ0n) is 13.8. The summed E-state index contributed by atoms with van der Waals surface area (Å²) in [4.78, 5) is 6.64. The van der Waals surface area contributed by atoms with Crippen molar-refractivity contribution in [1.29, 1.82) is 0 Å². The summed E-state index contributed by atoms with van der Waals surface area (Å²) in [5.74, 6) is -0.0394. The molecule has 0 amide bonds. The molecule has 0 radical (unpaired) electrons. The lowest BCUT2D eigenvalue weighted by Crippen LogP contribution is -2.23. The van der Waals surface area contributed by atoms with Gasteiger partial charge in [0.15, 0.2) is 11.6 Å². The van der Waals surface area contributed by atoms with Crippen molar-refractivity contribution < 1.29 is 9.13 Å². The third-order valence-corrected chi connectivity index (χ3v) is 3.51. The van der Waals surface area contributed by atoms with Crippen molar-refractivity contribution in [1.82, 2.24) is 4.90 Å². The molecule has 0 aliphatic carbocycles. The summed E-state index contributed by atoms with van der Waals surface area (Å²) in [6.07, 6.45) is 1.80. The minimum atomic E-state index is -0.311. The van der Waals surface area contributed by atoms with Crippen LogP contribution in [0.15, 0.2) is 23.3 Å². The molecule has 0 bridgehead atoms. The van der Waals surface area contributed by atoms with Crippen LogP contribution in [0.5, 0.6) is 5.75 Å². The van der Waals surface area contributed by atoms with Crippen molar-refractivity contribution in [2.75, 3.05) is 27.2 Å². The van der Waals surface area contributed by atoms with E-state index in [9.17, 15) is 4.39 Å². The quantitative estimate of drug-likeness (QED) is 0.742. The van der Waals surface area contributed by atoms with Crippen molar-refractivity contribution >= 4 is 11.3 Å². The van der Waals surface area contributed by atoms with Gasteiger partial charge in [0.05, 0.1) is 7.11 Å². The molecule has 1 aromatic carbocycles. The van der Waals surface area contributed by atoms with E-state index in [1.807, 2.05) is 19.9 Å². The smallest absolute Gasteiger partial charge is 0.168 e. The molecule has 4 heteroatoms. The van der Waals surface area contributed by atoms with Gasteiger partial charge in [-0.3, -0.25) is 4.99 Å². The van der Waals surface area contributed by atoms with Crippen molar-refractivity contribution in [2.45, 2.75) is 27.7 Å². The van der Waals surface area contributed by atoms with Crippen LogP contribution in [0.25, 0.3) is 5.57 Å². The molecule has 0 saturated carbocycles. The second-order valence-electron chi connectivity index (χ2n) is 5.26. The van der Waals surface area contributed by atoms with Gasteiger partial charge in [0.25, 0.3) is 0 Å². The van der Waals surface area contributed by atoms with Crippen LogP contribution < -0.4 is 4.74 Å². The van der Waals surface area contributed by atoms with Crippen molar-refractivity contribution in [3.63, 3.8) is 0 Å². The maximum absolute atomic E-state index is 14.0. The first-order valence-corrected chi connectivity index (χ1v) is 7.12. The Kier molecular flexibility index (Phi) is 6.56. The zero-order valence-corrected chi connectivity index (χ0v) is 13.8. The normalized spacial score (nSPS) is 13.0. The van der Waals surface area contributed by atoms with Crippen LogP contribution in [0.1, 0.15) is 31.9 Å². The number of halogens is 1. The number of allylic oxidation sites excluding steroid dienone is 1. The molecule has 0 heterocycles. The monoisotopic (exact) mass is 292 g/mol. The van der Waals surface area contributed by atoms with Crippen molar-refractivity contribution in [2.24, 2.45) is 4.99 Å². The van der Waals surface area contributed by atoms with E-state index in [0.29, 0.717) is 5.56 Å². The van der Waals surface area contributed by atoms with Crippen LogP contribution in [0, 0.1) is 12.7 Å². The number of hydrogen-bond donors (Lipinski definition) is 0. The van der Waals surface area contributed by atoms with Crippen LogP contribution >= 0.6 is 0 Å². The van der Waals surface area contributed by atoms with Gasteiger partial charge in [-0.2, -0.15) is 0 Å². The summed E-state index contributed by atoms with van der Waals surface area (Å²) in [5.41, 5.74) is 3.41. The molecule has 0 saturated heterocycles. The largest absolute Gasteiger partial charge is 0.494 e. The number of ether oxygens (including phenoxy) is 1. The average Bonchev–Trinajstić information content (AvgIpc) is 2.47. The molecule has 0 fully saturated rings. The number of rotatable bonds is 6. The Morgan fingerprint density at radius 2 is 2.05 bits per heavy atom. The van der Waals surface area contributed by atoms with Gasteiger partial charge in [-0.25, -0.2) is 4.39 Å². The Hall–Kier alpha value is -1.68. The van der Waals surface area contributed by atoms with E-state index in [2.05, 4.69) is 23.9 Å². The summed E-state index contributed by atoms with van der Waals surface area (Å²) in [7, 11) is 3.52. The molecule has 0 aliphatic heterocycles. The lowest BCUT2D eigenvalue weighted by molar-refractivity contribution is 0.385. The van der Waals surface area contributed by atoms with Gasteiger partial charge in [-0.05, 0) is 57.1 Å². The second kappa shape index (κ2) is 7.93. The number of benzene rings is 1. The SMILES string of the molecule is CCN(C)C/C(C)=N/C=C(\C)c1ccc(OC)c(F)c1C. The number of hydrogen-bond acceptors (Lipinski definition) is 3. The number of aliphatic imine (C=N–C) groups is 1. The highest BCUT2D eigenvalue weighted by atomic mass is 19.1. The Morgan fingerprint density at radius 1 is 1.38 bits per heavy atom. The highest BCUT2D eigenvalue weighted by Crippen LogP contribution is 2.27. The molecule has 0 N–H and O–H groups in total. The summed E-state index contributed by atoms with van der Waals surface area (Å²) < 4.78 is 19.0. The molecule has 0 atom stereocenters. The minimum absolute atomic E-state index is 0.272. The van der Waals surface area contributed by atoms with E-state index < -0.39 is 0 Å². The first kappa shape index (κ1) is 17.4. The van der Waals surface area contributed by atoms with Crippen LogP contribution in [-0.2, 0) is 0 Å². The molecule has 0 aromatic heterocycles. The molecule has 3 nitrogen and oxygen atoms in total. The third kappa shape index (κ3) is 4.67. The van der Waals surface area contributed by atoms with E-state index >= 15 is 0 Å². The van der Waals surface area contributed by atoms with Crippen LogP contribution in [0.2, 0.25) is 0 Å². The Balaban J connectivity index is 2.98. The maximum atomic E-state index is 14.0. The molecule has 0 aliphatic rings. The van der Waals surface area contributed by atoms with Crippen molar-refractivity contribution in [3.05, 3.63) is 35.3 Å². The zero-order chi connectivity index (χ0) is 16.0. The first-order chi connectivity index (χ1) is 9.90. The standard InChI is InChI=1S/C17H25FN2O/c1-7-20(5)11-13(3)19-10-12(2)15-8-9-16(21-6)17(18)14(15)4/h8-10H,7,11H2,1-6H3/b12-10+,19-13+. The van der Waals surface area contributed by atoms with Gasteiger partial charge in [-0.15, -0.1) is 0 Å². The molecule has 0 unspecified atom stereocenters. The summed E-state index contributed by atoms with van der Waals surface area (Å²) in [5, 5.41) is 0.